The summed E-state index contributed by atoms with van der Waals surface area (Å²) >= 11 is 0. The quantitative estimate of drug-likeness (QED) is 0.796. The van der Waals surface area contributed by atoms with Crippen molar-refractivity contribution in [1.29, 1.82) is 0 Å². The van der Waals surface area contributed by atoms with Gasteiger partial charge in [-0.15, -0.1) is 12.3 Å². The second-order valence-electron chi connectivity index (χ2n) is 6.35. The molecule has 0 bridgehead atoms. The topological polar surface area (TPSA) is 58.6 Å². The number of hydrogen-bond acceptors (Lipinski definition) is 3. The SMILES string of the molecule is C#CC1CC(=O)N(CC(C)CNC(=O)OC(C)(C)C)C1. The van der Waals surface area contributed by atoms with Crippen LogP contribution in [0.15, 0.2) is 0 Å². The van der Waals surface area contributed by atoms with Gasteiger partial charge in [0.25, 0.3) is 0 Å². The number of alkyl carbamates (subject to hydrolysis) is 1. The van der Waals surface area contributed by atoms with Gasteiger partial charge in [-0.25, -0.2) is 4.79 Å². The van der Waals surface area contributed by atoms with Gasteiger partial charge in [-0.3, -0.25) is 4.79 Å². The van der Waals surface area contributed by atoms with E-state index in [0.29, 0.717) is 26.1 Å². The van der Waals surface area contributed by atoms with Gasteiger partial charge in [0.05, 0.1) is 0 Å². The van der Waals surface area contributed by atoms with Gasteiger partial charge in [0.1, 0.15) is 5.60 Å². The molecule has 2 unspecified atom stereocenters. The average molecular weight is 280 g/mol. The number of carbonyl (C=O) groups is 2. The maximum absolute atomic E-state index is 11.7. The molecule has 2 amide bonds. The summed E-state index contributed by atoms with van der Waals surface area (Å²) in [6.07, 6.45) is 5.35. The Hall–Kier alpha value is -1.70. The predicted molar refractivity (Wildman–Crippen MR) is 76.9 cm³/mol. The standard InChI is InChI=1S/C15H24N2O3/c1-6-12-7-13(18)17(10-12)9-11(2)8-16-14(19)20-15(3,4)5/h1,11-12H,7-10H2,2-5H3,(H,16,19). The van der Waals surface area contributed by atoms with Crippen molar-refractivity contribution in [3.8, 4) is 12.3 Å². The van der Waals surface area contributed by atoms with Crippen LogP contribution in [-0.4, -0.2) is 42.1 Å². The van der Waals surface area contributed by atoms with Gasteiger partial charge in [0.15, 0.2) is 0 Å². The summed E-state index contributed by atoms with van der Waals surface area (Å²) in [4.78, 5) is 25.0. The molecule has 1 rings (SSSR count). The molecule has 1 saturated heterocycles. The summed E-state index contributed by atoms with van der Waals surface area (Å²) in [6, 6.07) is 0. The highest BCUT2D eigenvalue weighted by Crippen LogP contribution is 2.17. The van der Waals surface area contributed by atoms with Crippen LogP contribution in [0.25, 0.3) is 0 Å². The minimum Gasteiger partial charge on any atom is -0.444 e. The highest BCUT2D eigenvalue weighted by Gasteiger charge is 2.29. The second kappa shape index (κ2) is 6.65. The van der Waals surface area contributed by atoms with E-state index in [1.807, 2.05) is 27.7 Å². The van der Waals surface area contributed by atoms with Gasteiger partial charge in [-0.2, -0.15) is 0 Å². The van der Waals surface area contributed by atoms with Crippen LogP contribution in [0.4, 0.5) is 4.79 Å². The highest BCUT2D eigenvalue weighted by molar-refractivity contribution is 5.79. The Morgan fingerprint density at radius 3 is 2.75 bits per heavy atom. The zero-order chi connectivity index (χ0) is 15.3. The number of ether oxygens (including phenoxy) is 1. The normalized spacial score (nSPS) is 20.4. The third kappa shape index (κ3) is 5.52. The molecule has 0 saturated carbocycles. The minimum absolute atomic E-state index is 0.0218. The lowest BCUT2D eigenvalue weighted by Crippen LogP contribution is -2.38. The fraction of sp³-hybridized carbons (Fsp3) is 0.733. The van der Waals surface area contributed by atoms with Gasteiger partial charge < -0.3 is 15.0 Å². The number of rotatable bonds is 4. The molecule has 2 atom stereocenters. The molecule has 1 heterocycles. The summed E-state index contributed by atoms with van der Waals surface area (Å²) < 4.78 is 5.16. The monoisotopic (exact) mass is 280 g/mol. The lowest BCUT2D eigenvalue weighted by molar-refractivity contribution is -0.128. The molecule has 0 aliphatic carbocycles. The molecule has 1 aliphatic heterocycles. The number of amides is 2. The number of likely N-dealkylation sites (tertiary alicyclic amines) is 1. The molecule has 5 nitrogen and oxygen atoms in total. The van der Waals surface area contributed by atoms with Crippen LogP contribution < -0.4 is 5.32 Å². The van der Waals surface area contributed by atoms with Crippen molar-refractivity contribution in [1.82, 2.24) is 10.2 Å². The molecule has 112 valence electrons. The molecule has 1 N–H and O–H groups in total. The van der Waals surface area contributed by atoms with Crippen molar-refractivity contribution in [3.05, 3.63) is 0 Å². The lowest BCUT2D eigenvalue weighted by Gasteiger charge is -2.23. The Morgan fingerprint density at radius 2 is 2.25 bits per heavy atom. The molecular formula is C15H24N2O3. The Bertz CT molecular complexity index is 406. The van der Waals surface area contributed by atoms with Gasteiger partial charge >= 0.3 is 6.09 Å². The molecule has 0 radical (unpaired) electrons. The Labute approximate surface area is 121 Å². The van der Waals surface area contributed by atoms with Crippen LogP contribution in [0.1, 0.15) is 34.1 Å². The van der Waals surface area contributed by atoms with Crippen molar-refractivity contribution in [2.24, 2.45) is 11.8 Å². The Balaban J connectivity index is 2.31. The molecule has 5 heteroatoms. The maximum atomic E-state index is 11.7. The second-order valence-corrected chi connectivity index (χ2v) is 6.35. The van der Waals surface area contributed by atoms with Gasteiger partial charge in [0.2, 0.25) is 5.91 Å². The van der Waals surface area contributed by atoms with Crippen molar-refractivity contribution in [2.45, 2.75) is 39.7 Å². The number of carbonyl (C=O) groups excluding carboxylic acids is 2. The van der Waals surface area contributed by atoms with E-state index in [2.05, 4.69) is 11.2 Å². The van der Waals surface area contributed by atoms with E-state index in [1.165, 1.54) is 0 Å². The zero-order valence-electron chi connectivity index (χ0n) is 12.7. The van der Waals surface area contributed by atoms with Crippen molar-refractivity contribution in [2.75, 3.05) is 19.6 Å². The summed E-state index contributed by atoms with van der Waals surface area (Å²) in [7, 11) is 0. The van der Waals surface area contributed by atoms with E-state index >= 15 is 0 Å². The van der Waals surface area contributed by atoms with Crippen molar-refractivity contribution in [3.63, 3.8) is 0 Å². The third-order valence-corrected chi connectivity index (χ3v) is 2.98. The molecule has 20 heavy (non-hydrogen) atoms. The smallest absolute Gasteiger partial charge is 0.407 e. The fourth-order valence-electron chi connectivity index (χ4n) is 2.07. The summed E-state index contributed by atoms with van der Waals surface area (Å²) in [5.41, 5.74) is -0.502. The van der Waals surface area contributed by atoms with Gasteiger partial charge in [-0.05, 0) is 26.7 Å². The number of terminal acetylenes is 1. The molecule has 0 aromatic rings. The first-order valence-electron chi connectivity index (χ1n) is 6.92. The first kappa shape index (κ1) is 16.4. The van der Waals surface area contributed by atoms with E-state index in [-0.39, 0.29) is 17.7 Å². The number of nitrogens with zero attached hydrogens (tertiary/aromatic N) is 1. The van der Waals surface area contributed by atoms with Crippen LogP contribution in [0.3, 0.4) is 0 Å². The molecule has 1 fully saturated rings. The van der Waals surface area contributed by atoms with E-state index in [4.69, 9.17) is 11.2 Å². The van der Waals surface area contributed by atoms with Crippen molar-refractivity contribution < 1.29 is 14.3 Å². The predicted octanol–water partition coefficient (Wildman–Crippen LogP) is 1.63. The first-order valence-corrected chi connectivity index (χ1v) is 6.92. The molecule has 0 aromatic heterocycles. The summed E-state index contributed by atoms with van der Waals surface area (Å²) in [6.45, 7) is 9.13. The van der Waals surface area contributed by atoms with Crippen LogP contribution >= 0.6 is 0 Å². The first-order chi connectivity index (χ1) is 9.21. The molecular weight excluding hydrogens is 256 g/mol. The Kier molecular flexibility index (Phi) is 5.43. The van der Waals surface area contributed by atoms with Crippen LogP contribution in [-0.2, 0) is 9.53 Å². The number of hydrogen-bond donors (Lipinski definition) is 1. The number of nitrogens with one attached hydrogen (secondary N) is 1. The summed E-state index contributed by atoms with van der Waals surface area (Å²) in [5, 5.41) is 2.71. The largest absolute Gasteiger partial charge is 0.444 e. The molecule has 1 aliphatic rings. The highest BCUT2D eigenvalue weighted by atomic mass is 16.6. The maximum Gasteiger partial charge on any atom is 0.407 e. The molecule has 0 spiro atoms. The lowest BCUT2D eigenvalue weighted by atomic mass is 10.1. The third-order valence-electron chi connectivity index (χ3n) is 2.98. The van der Waals surface area contributed by atoms with Crippen LogP contribution in [0, 0.1) is 24.2 Å². The van der Waals surface area contributed by atoms with E-state index in [9.17, 15) is 9.59 Å². The fourth-order valence-corrected chi connectivity index (χ4v) is 2.07. The van der Waals surface area contributed by atoms with Gasteiger partial charge in [-0.1, -0.05) is 6.92 Å². The van der Waals surface area contributed by atoms with E-state index in [0.717, 1.165) is 0 Å². The van der Waals surface area contributed by atoms with Crippen LogP contribution in [0.5, 0.6) is 0 Å². The average Bonchev–Trinajstić information content (AvgIpc) is 2.65. The van der Waals surface area contributed by atoms with Crippen LogP contribution in [0.2, 0.25) is 0 Å². The minimum atomic E-state index is -0.502. The van der Waals surface area contributed by atoms with E-state index < -0.39 is 11.7 Å². The zero-order valence-corrected chi connectivity index (χ0v) is 12.7. The van der Waals surface area contributed by atoms with E-state index in [1.54, 1.807) is 4.90 Å². The van der Waals surface area contributed by atoms with Crippen molar-refractivity contribution >= 4 is 12.0 Å². The molecule has 0 aromatic carbocycles. The Morgan fingerprint density at radius 1 is 1.60 bits per heavy atom. The summed E-state index contributed by atoms with van der Waals surface area (Å²) in [5.74, 6) is 2.89. The van der Waals surface area contributed by atoms with Gasteiger partial charge in [0, 0.05) is 32.0 Å².